The molecule has 1 aromatic carbocycles. The predicted molar refractivity (Wildman–Crippen MR) is 67.4 cm³/mol. The Balaban J connectivity index is 2.06. The Morgan fingerprint density at radius 1 is 1.25 bits per heavy atom. The molecule has 16 heavy (non-hydrogen) atoms. The second kappa shape index (κ2) is 3.45. The van der Waals surface area contributed by atoms with Crippen molar-refractivity contribution >= 4 is 15.9 Å². The second-order valence-electron chi connectivity index (χ2n) is 4.38. The molecule has 2 nitrogen and oxygen atoms in total. The van der Waals surface area contributed by atoms with Crippen LogP contribution in [0.15, 0.2) is 41.1 Å². The fourth-order valence-electron chi connectivity index (χ4n) is 2.38. The van der Waals surface area contributed by atoms with Gasteiger partial charge in [-0.3, -0.25) is 0 Å². The van der Waals surface area contributed by atoms with E-state index in [2.05, 4.69) is 62.9 Å². The van der Waals surface area contributed by atoms with E-state index in [4.69, 9.17) is 0 Å². The van der Waals surface area contributed by atoms with Gasteiger partial charge < -0.3 is 4.57 Å². The summed E-state index contributed by atoms with van der Waals surface area (Å²) in [5.74, 6) is 1.10. The fraction of sp³-hybridized carbons (Fsp3) is 0.308. The standard InChI is InChI=1S/C13H13BrN2/c1-10-15-8-9-16(10)13(6-7-13)11-2-4-12(14)5-3-11/h2-5,8-9H,6-7H2,1H3. The lowest BCUT2D eigenvalue weighted by Gasteiger charge is -2.19. The van der Waals surface area contributed by atoms with Crippen molar-refractivity contribution in [3.8, 4) is 0 Å². The SMILES string of the molecule is Cc1nccn1C1(c2ccc(Br)cc2)CC1. The second-order valence-corrected chi connectivity index (χ2v) is 5.30. The van der Waals surface area contributed by atoms with Gasteiger partial charge in [-0.05, 0) is 37.5 Å². The highest BCUT2D eigenvalue weighted by atomic mass is 79.9. The van der Waals surface area contributed by atoms with Gasteiger partial charge in [-0.2, -0.15) is 0 Å². The fourth-order valence-corrected chi connectivity index (χ4v) is 2.64. The lowest BCUT2D eigenvalue weighted by atomic mass is 10.0. The highest BCUT2D eigenvalue weighted by Gasteiger charge is 2.46. The Hall–Kier alpha value is -1.09. The average Bonchev–Trinajstić information content (AvgIpc) is 2.97. The summed E-state index contributed by atoms with van der Waals surface area (Å²) in [4.78, 5) is 4.32. The Kier molecular flexibility index (Phi) is 2.18. The number of hydrogen-bond acceptors (Lipinski definition) is 1. The maximum Gasteiger partial charge on any atom is 0.106 e. The molecule has 1 aliphatic rings. The summed E-state index contributed by atoms with van der Waals surface area (Å²) in [5, 5.41) is 0. The average molecular weight is 277 g/mol. The monoisotopic (exact) mass is 276 g/mol. The number of halogens is 1. The van der Waals surface area contributed by atoms with Crippen molar-refractivity contribution in [2.75, 3.05) is 0 Å². The zero-order valence-electron chi connectivity index (χ0n) is 9.15. The predicted octanol–water partition coefficient (Wildman–Crippen LogP) is 3.49. The summed E-state index contributed by atoms with van der Waals surface area (Å²) in [7, 11) is 0. The van der Waals surface area contributed by atoms with E-state index in [1.165, 1.54) is 18.4 Å². The van der Waals surface area contributed by atoms with Gasteiger partial charge in [-0.1, -0.05) is 28.1 Å². The molecule has 1 heterocycles. The third kappa shape index (κ3) is 1.42. The molecule has 0 spiro atoms. The summed E-state index contributed by atoms with van der Waals surface area (Å²) >= 11 is 3.48. The molecule has 3 heteroatoms. The third-order valence-electron chi connectivity index (χ3n) is 3.39. The molecule has 0 aliphatic heterocycles. The summed E-state index contributed by atoms with van der Waals surface area (Å²) in [6.07, 6.45) is 6.40. The van der Waals surface area contributed by atoms with Crippen LogP contribution in [0, 0.1) is 6.92 Å². The quantitative estimate of drug-likeness (QED) is 0.821. The van der Waals surface area contributed by atoms with E-state index in [-0.39, 0.29) is 5.54 Å². The van der Waals surface area contributed by atoms with Crippen molar-refractivity contribution in [2.45, 2.75) is 25.3 Å². The topological polar surface area (TPSA) is 17.8 Å². The normalized spacial score (nSPS) is 17.4. The van der Waals surface area contributed by atoms with E-state index in [0.717, 1.165) is 10.3 Å². The molecular formula is C13H13BrN2. The van der Waals surface area contributed by atoms with Gasteiger partial charge in [0.1, 0.15) is 5.82 Å². The van der Waals surface area contributed by atoms with Crippen molar-refractivity contribution in [2.24, 2.45) is 0 Å². The highest BCUT2D eigenvalue weighted by molar-refractivity contribution is 9.10. The Labute approximate surface area is 103 Å². The van der Waals surface area contributed by atoms with Gasteiger partial charge in [-0.15, -0.1) is 0 Å². The van der Waals surface area contributed by atoms with Crippen LogP contribution in [0.1, 0.15) is 24.2 Å². The van der Waals surface area contributed by atoms with Crippen molar-refractivity contribution in [1.82, 2.24) is 9.55 Å². The van der Waals surface area contributed by atoms with Crippen LogP contribution in [0.3, 0.4) is 0 Å². The van der Waals surface area contributed by atoms with Crippen LogP contribution < -0.4 is 0 Å². The largest absolute Gasteiger partial charge is 0.325 e. The van der Waals surface area contributed by atoms with Crippen LogP contribution in [-0.2, 0) is 5.54 Å². The molecule has 0 saturated heterocycles. The molecule has 82 valence electrons. The van der Waals surface area contributed by atoms with Gasteiger partial charge >= 0.3 is 0 Å². The van der Waals surface area contributed by atoms with Gasteiger partial charge in [0, 0.05) is 16.9 Å². The van der Waals surface area contributed by atoms with Crippen LogP contribution in [0.2, 0.25) is 0 Å². The van der Waals surface area contributed by atoms with E-state index in [0.29, 0.717) is 0 Å². The molecule has 0 N–H and O–H groups in total. The maximum atomic E-state index is 4.32. The highest BCUT2D eigenvalue weighted by Crippen LogP contribution is 2.49. The first-order valence-electron chi connectivity index (χ1n) is 5.49. The zero-order chi connectivity index (χ0) is 11.2. The van der Waals surface area contributed by atoms with Crippen LogP contribution in [-0.4, -0.2) is 9.55 Å². The molecule has 0 atom stereocenters. The summed E-state index contributed by atoms with van der Waals surface area (Å²) in [5.41, 5.74) is 1.57. The summed E-state index contributed by atoms with van der Waals surface area (Å²) in [6, 6.07) is 8.64. The van der Waals surface area contributed by atoms with Crippen molar-refractivity contribution < 1.29 is 0 Å². The first kappa shape index (κ1) is 10.1. The lowest BCUT2D eigenvalue weighted by molar-refractivity contribution is 0.557. The summed E-state index contributed by atoms with van der Waals surface area (Å²) in [6.45, 7) is 2.07. The van der Waals surface area contributed by atoms with E-state index in [1.807, 2.05) is 6.20 Å². The molecule has 2 aromatic rings. The Morgan fingerprint density at radius 3 is 2.44 bits per heavy atom. The number of aryl methyl sites for hydroxylation is 1. The molecule has 0 unspecified atom stereocenters. The Bertz CT molecular complexity index is 509. The van der Waals surface area contributed by atoms with E-state index in [1.54, 1.807) is 0 Å². The number of aromatic nitrogens is 2. The van der Waals surface area contributed by atoms with Crippen LogP contribution >= 0.6 is 15.9 Å². The molecule has 0 amide bonds. The number of imidazole rings is 1. The first-order chi connectivity index (χ1) is 7.72. The number of benzene rings is 1. The molecule has 1 fully saturated rings. The van der Waals surface area contributed by atoms with E-state index < -0.39 is 0 Å². The first-order valence-corrected chi connectivity index (χ1v) is 6.28. The molecule has 0 bridgehead atoms. The third-order valence-corrected chi connectivity index (χ3v) is 3.92. The molecule has 1 aliphatic carbocycles. The van der Waals surface area contributed by atoms with Gasteiger partial charge in [0.25, 0.3) is 0 Å². The smallest absolute Gasteiger partial charge is 0.106 e. The lowest BCUT2D eigenvalue weighted by Crippen LogP contribution is -2.19. The molecular weight excluding hydrogens is 264 g/mol. The molecule has 0 radical (unpaired) electrons. The van der Waals surface area contributed by atoms with Crippen molar-refractivity contribution in [1.29, 1.82) is 0 Å². The van der Waals surface area contributed by atoms with Gasteiger partial charge in [0.2, 0.25) is 0 Å². The van der Waals surface area contributed by atoms with Crippen LogP contribution in [0.4, 0.5) is 0 Å². The van der Waals surface area contributed by atoms with Crippen molar-refractivity contribution in [3.05, 3.63) is 52.5 Å². The van der Waals surface area contributed by atoms with E-state index in [9.17, 15) is 0 Å². The van der Waals surface area contributed by atoms with Gasteiger partial charge in [-0.25, -0.2) is 4.98 Å². The molecule has 3 rings (SSSR count). The molecule has 1 saturated carbocycles. The number of nitrogens with zero attached hydrogens (tertiary/aromatic N) is 2. The van der Waals surface area contributed by atoms with Crippen molar-refractivity contribution in [3.63, 3.8) is 0 Å². The maximum absolute atomic E-state index is 4.32. The van der Waals surface area contributed by atoms with E-state index >= 15 is 0 Å². The summed E-state index contributed by atoms with van der Waals surface area (Å²) < 4.78 is 3.44. The Morgan fingerprint density at radius 2 is 1.94 bits per heavy atom. The number of rotatable bonds is 2. The zero-order valence-corrected chi connectivity index (χ0v) is 10.7. The number of hydrogen-bond donors (Lipinski definition) is 0. The minimum atomic E-state index is 0.182. The minimum absolute atomic E-state index is 0.182. The van der Waals surface area contributed by atoms with Crippen LogP contribution in [0.25, 0.3) is 0 Å². The minimum Gasteiger partial charge on any atom is -0.325 e. The van der Waals surface area contributed by atoms with Gasteiger partial charge in [0.05, 0.1) is 5.54 Å². The molecule has 1 aromatic heterocycles. The van der Waals surface area contributed by atoms with Gasteiger partial charge in [0.15, 0.2) is 0 Å². The van der Waals surface area contributed by atoms with Crippen LogP contribution in [0.5, 0.6) is 0 Å².